The second-order valence-corrected chi connectivity index (χ2v) is 10.2. The van der Waals surface area contributed by atoms with E-state index in [-0.39, 0.29) is 37.9 Å². The number of hydrogen-bond acceptors (Lipinski definition) is 6. The summed E-state index contributed by atoms with van der Waals surface area (Å²) in [7, 11) is -4.07. The van der Waals surface area contributed by atoms with E-state index >= 15 is 0 Å². The van der Waals surface area contributed by atoms with E-state index in [0.717, 1.165) is 16.4 Å². The van der Waals surface area contributed by atoms with E-state index in [1.807, 2.05) is 0 Å². The summed E-state index contributed by atoms with van der Waals surface area (Å²) in [4.78, 5) is 26.7. The van der Waals surface area contributed by atoms with Crippen LogP contribution in [0.2, 0.25) is 0 Å². The van der Waals surface area contributed by atoms with Gasteiger partial charge in [-0.15, -0.1) is 11.8 Å². The highest BCUT2D eigenvalue weighted by Crippen LogP contribution is 2.27. The van der Waals surface area contributed by atoms with Crippen LogP contribution in [0.5, 0.6) is 0 Å². The third kappa shape index (κ3) is 4.65. The number of nitrogens with one attached hydrogen (secondary N) is 1. The molecule has 2 amide bonds. The van der Waals surface area contributed by atoms with E-state index in [1.165, 1.54) is 22.7 Å². The number of thioether (sulfide) groups is 1. The monoisotopic (exact) mass is 479 g/mol. The number of benzene rings is 2. The zero-order valence-electron chi connectivity index (χ0n) is 17.1. The number of carbonyl (C=O) groups is 2. The molecular weight excluding hydrogens is 457 g/mol. The molecule has 0 unspecified atom stereocenters. The van der Waals surface area contributed by atoms with Crippen LogP contribution >= 0.6 is 11.8 Å². The minimum Gasteiger partial charge on any atom is -0.379 e. The molecule has 0 bridgehead atoms. The first-order valence-corrected chi connectivity index (χ1v) is 12.6. The van der Waals surface area contributed by atoms with Gasteiger partial charge in [0.25, 0.3) is 5.91 Å². The normalized spacial score (nSPS) is 19.7. The molecule has 1 atom stereocenters. The summed E-state index contributed by atoms with van der Waals surface area (Å²) in [6.45, 7) is 0.742. The lowest BCUT2D eigenvalue weighted by Crippen LogP contribution is -2.44. The van der Waals surface area contributed by atoms with Crippen LogP contribution in [0.15, 0.2) is 53.4 Å². The number of ether oxygens (including phenoxy) is 1. The van der Waals surface area contributed by atoms with Crippen molar-refractivity contribution >= 4 is 39.3 Å². The largest absolute Gasteiger partial charge is 0.379 e. The fraction of sp³-hybridized carbons (Fsp3) is 0.333. The predicted molar refractivity (Wildman–Crippen MR) is 118 cm³/mol. The molecular formula is C21H22FN3O5S2. The number of halogens is 1. The second-order valence-electron chi connectivity index (χ2n) is 7.31. The molecule has 11 heteroatoms. The van der Waals surface area contributed by atoms with Crippen molar-refractivity contribution in [1.82, 2.24) is 9.21 Å². The van der Waals surface area contributed by atoms with Gasteiger partial charge in [-0.05, 0) is 30.3 Å². The number of sulfonamides is 1. The smallest absolute Gasteiger partial charge is 0.255 e. The van der Waals surface area contributed by atoms with Gasteiger partial charge in [-0.3, -0.25) is 9.59 Å². The maximum atomic E-state index is 14.4. The Morgan fingerprint density at radius 1 is 1.09 bits per heavy atom. The van der Waals surface area contributed by atoms with Crippen molar-refractivity contribution in [3.63, 3.8) is 0 Å². The summed E-state index contributed by atoms with van der Waals surface area (Å²) in [6, 6.07) is 11.4. The fourth-order valence-corrected chi connectivity index (χ4v) is 6.19. The van der Waals surface area contributed by atoms with Crippen LogP contribution in [0.3, 0.4) is 0 Å². The number of carbonyl (C=O) groups excluding carboxylic acids is 2. The Morgan fingerprint density at radius 3 is 2.53 bits per heavy atom. The zero-order valence-corrected chi connectivity index (χ0v) is 18.7. The molecule has 0 aliphatic carbocycles. The van der Waals surface area contributed by atoms with Crippen LogP contribution in [0.25, 0.3) is 0 Å². The predicted octanol–water partition coefficient (Wildman–Crippen LogP) is 2.00. The van der Waals surface area contributed by atoms with Crippen LogP contribution < -0.4 is 5.32 Å². The highest BCUT2D eigenvalue weighted by Gasteiger charge is 2.35. The van der Waals surface area contributed by atoms with Crippen LogP contribution in [0.1, 0.15) is 10.4 Å². The fourth-order valence-electron chi connectivity index (χ4n) is 3.54. The van der Waals surface area contributed by atoms with Gasteiger partial charge in [0.2, 0.25) is 15.9 Å². The highest BCUT2D eigenvalue weighted by molar-refractivity contribution is 7.99. The van der Waals surface area contributed by atoms with Crippen LogP contribution in [0, 0.1) is 5.82 Å². The Kier molecular flexibility index (Phi) is 6.79. The molecule has 0 radical (unpaired) electrons. The SMILES string of the molecule is O=C(Nc1ccc(F)c(S(=O)(=O)N2CCOCC2)c1)[C@@H]1CSCN1C(=O)c1ccccc1. The molecule has 2 saturated heterocycles. The number of nitrogens with zero attached hydrogens (tertiary/aromatic N) is 2. The van der Waals surface area contributed by atoms with Gasteiger partial charge >= 0.3 is 0 Å². The number of amides is 2. The molecule has 170 valence electrons. The molecule has 8 nitrogen and oxygen atoms in total. The van der Waals surface area contributed by atoms with Gasteiger partial charge < -0.3 is 15.0 Å². The molecule has 2 aliphatic rings. The molecule has 4 rings (SSSR count). The topological polar surface area (TPSA) is 96.0 Å². The molecule has 0 spiro atoms. The summed E-state index contributed by atoms with van der Waals surface area (Å²) in [5.74, 6) is -0.839. The summed E-state index contributed by atoms with van der Waals surface area (Å²) < 4.78 is 46.5. The summed E-state index contributed by atoms with van der Waals surface area (Å²) in [5, 5.41) is 2.64. The van der Waals surface area contributed by atoms with Gasteiger partial charge in [0.15, 0.2) is 0 Å². The second kappa shape index (κ2) is 9.57. The Morgan fingerprint density at radius 2 is 1.81 bits per heavy atom. The highest BCUT2D eigenvalue weighted by atomic mass is 32.2. The Balaban J connectivity index is 1.52. The van der Waals surface area contributed by atoms with E-state index in [9.17, 15) is 22.4 Å². The Hall–Kier alpha value is -2.47. The average molecular weight is 480 g/mol. The standard InChI is InChI=1S/C21H22FN3O5S2/c22-17-7-6-16(12-19(17)32(28,29)24-8-10-30-11-9-24)23-20(26)18-13-31-14-25(18)21(27)15-4-2-1-3-5-15/h1-7,12,18H,8-11,13-14H2,(H,23,26)/t18-/m0/s1. The summed E-state index contributed by atoms with van der Waals surface area (Å²) in [5.41, 5.74) is 0.626. The van der Waals surface area contributed by atoms with Gasteiger partial charge in [0, 0.05) is 30.1 Å². The average Bonchev–Trinajstić information content (AvgIpc) is 3.31. The lowest BCUT2D eigenvalue weighted by molar-refractivity contribution is -0.119. The number of morpholine rings is 1. The van der Waals surface area contributed by atoms with Gasteiger partial charge in [0.05, 0.1) is 19.1 Å². The maximum absolute atomic E-state index is 14.4. The molecule has 0 saturated carbocycles. The first-order chi connectivity index (χ1) is 15.4. The van der Waals surface area contributed by atoms with Crippen molar-refractivity contribution in [1.29, 1.82) is 0 Å². The Bertz CT molecular complexity index is 1110. The van der Waals surface area contributed by atoms with E-state index in [1.54, 1.807) is 30.3 Å². The van der Waals surface area contributed by atoms with Crippen molar-refractivity contribution < 1.29 is 27.1 Å². The van der Waals surface area contributed by atoms with E-state index in [2.05, 4.69) is 5.32 Å². The molecule has 2 fully saturated rings. The lowest BCUT2D eigenvalue weighted by atomic mass is 10.1. The minimum absolute atomic E-state index is 0.133. The zero-order chi connectivity index (χ0) is 22.7. The summed E-state index contributed by atoms with van der Waals surface area (Å²) in [6.07, 6.45) is 0. The summed E-state index contributed by atoms with van der Waals surface area (Å²) >= 11 is 1.45. The molecule has 32 heavy (non-hydrogen) atoms. The third-order valence-electron chi connectivity index (χ3n) is 5.25. The number of rotatable bonds is 5. The molecule has 2 aromatic carbocycles. The number of hydrogen-bond donors (Lipinski definition) is 1. The third-order valence-corrected chi connectivity index (χ3v) is 8.18. The first kappa shape index (κ1) is 22.7. The van der Waals surface area contributed by atoms with E-state index in [0.29, 0.717) is 17.2 Å². The quantitative estimate of drug-likeness (QED) is 0.705. The minimum atomic E-state index is -4.07. The van der Waals surface area contributed by atoms with Crippen molar-refractivity contribution in [2.24, 2.45) is 0 Å². The van der Waals surface area contributed by atoms with Gasteiger partial charge in [0.1, 0.15) is 16.8 Å². The molecule has 2 aliphatic heterocycles. The van der Waals surface area contributed by atoms with Crippen LogP contribution in [-0.2, 0) is 19.6 Å². The van der Waals surface area contributed by atoms with Crippen LogP contribution in [0.4, 0.5) is 10.1 Å². The molecule has 1 N–H and O–H groups in total. The maximum Gasteiger partial charge on any atom is 0.255 e. The molecule has 0 aromatic heterocycles. The van der Waals surface area contributed by atoms with Gasteiger partial charge in [-0.25, -0.2) is 12.8 Å². The van der Waals surface area contributed by atoms with E-state index < -0.39 is 32.7 Å². The first-order valence-electron chi connectivity index (χ1n) is 10.00. The number of anilines is 1. The van der Waals surface area contributed by atoms with Crippen molar-refractivity contribution in [3.05, 3.63) is 59.9 Å². The van der Waals surface area contributed by atoms with Gasteiger partial charge in [-0.1, -0.05) is 18.2 Å². The molecule has 2 heterocycles. The van der Waals surface area contributed by atoms with Gasteiger partial charge in [-0.2, -0.15) is 4.31 Å². The van der Waals surface area contributed by atoms with Crippen molar-refractivity contribution in [2.45, 2.75) is 10.9 Å². The Labute approximate surface area is 189 Å². The van der Waals surface area contributed by atoms with Crippen molar-refractivity contribution in [3.8, 4) is 0 Å². The molecule has 2 aromatic rings. The van der Waals surface area contributed by atoms with Crippen molar-refractivity contribution in [2.75, 3.05) is 43.2 Å². The van der Waals surface area contributed by atoms with Crippen LogP contribution in [-0.4, -0.2) is 73.4 Å². The lowest BCUT2D eigenvalue weighted by Gasteiger charge is -2.26. The van der Waals surface area contributed by atoms with E-state index in [4.69, 9.17) is 4.74 Å².